The number of nitrogens with zero attached hydrogens (tertiary/aromatic N) is 1. The van der Waals surface area contributed by atoms with Crippen molar-refractivity contribution in [3.63, 3.8) is 0 Å². The lowest BCUT2D eigenvalue weighted by atomic mass is 10.1. The predicted octanol–water partition coefficient (Wildman–Crippen LogP) is 1.59. The molecule has 0 aromatic carbocycles. The molecule has 0 bridgehead atoms. The minimum absolute atomic E-state index is 0.366. The summed E-state index contributed by atoms with van der Waals surface area (Å²) in [5, 5.41) is 3.80. The molecule has 0 aliphatic heterocycles. The van der Waals surface area contributed by atoms with Crippen LogP contribution >= 0.6 is 0 Å². The summed E-state index contributed by atoms with van der Waals surface area (Å²) < 4.78 is 9.65. The normalized spacial score (nSPS) is 10.1. The second-order valence-electron chi connectivity index (χ2n) is 2.63. The van der Waals surface area contributed by atoms with Gasteiger partial charge in [-0.3, -0.25) is 0 Å². The van der Waals surface area contributed by atoms with Crippen molar-refractivity contribution >= 4 is 5.97 Å². The van der Waals surface area contributed by atoms with E-state index < -0.39 is 0 Å². The maximum absolute atomic E-state index is 11.3. The highest BCUT2D eigenvalue weighted by molar-refractivity contribution is 5.91. The van der Waals surface area contributed by atoms with Crippen LogP contribution in [0.5, 0.6) is 0 Å². The van der Waals surface area contributed by atoms with Gasteiger partial charge in [0.25, 0.3) is 0 Å². The average Bonchev–Trinajstić information content (AvgIpc) is 2.59. The van der Waals surface area contributed by atoms with E-state index in [2.05, 4.69) is 9.89 Å². The van der Waals surface area contributed by atoms with Gasteiger partial charge < -0.3 is 9.26 Å². The van der Waals surface area contributed by atoms with Crippen molar-refractivity contribution in [2.75, 3.05) is 7.11 Å². The molecule has 1 aromatic heterocycles. The number of ether oxygens (including phenoxy) is 1. The molecule has 1 heterocycles. The van der Waals surface area contributed by atoms with Crippen molar-refractivity contribution in [1.29, 1.82) is 0 Å². The number of carbonyl (C=O) groups is 1. The van der Waals surface area contributed by atoms with Crippen LogP contribution in [-0.2, 0) is 17.6 Å². The molecule has 1 rings (SSSR count). The molecule has 0 N–H and O–H groups in total. The zero-order chi connectivity index (χ0) is 9.84. The Labute approximate surface area is 76.9 Å². The van der Waals surface area contributed by atoms with E-state index in [0.29, 0.717) is 29.9 Å². The topological polar surface area (TPSA) is 52.3 Å². The van der Waals surface area contributed by atoms with E-state index in [1.807, 2.05) is 13.8 Å². The number of esters is 1. The van der Waals surface area contributed by atoms with Crippen LogP contribution in [0.15, 0.2) is 4.52 Å². The molecule has 72 valence electrons. The van der Waals surface area contributed by atoms with Crippen LogP contribution in [-0.4, -0.2) is 18.2 Å². The van der Waals surface area contributed by atoms with Crippen LogP contribution < -0.4 is 0 Å². The van der Waals surface area contributed by atoms with Crippen LogP contribution in [0.25, 0.3) is 0 Å². The van der Waals surface area contributed by atoms with Crippen LogP contribution in [0.1, 0.15) is 35.7 Å². The number of hydrogen-bond acceptors (Lipinski definition) is 4. The van der Waals surface area contributed by atoms with E-state index in [4.69, 9.17) is 4.52 Å². The molecule has 0 unspecified atom stereocenters. The van der Waals surface area contributed by atoms with E-state index in [0.717, 1.165) is 0 Å². The van der Waals surface area contributed by atoms with Crippen molar-refractivity contribution in [1.82, 2.24) is 5.16 Å². The highest BCUT2D eigenvalue weighted by Gasteiger charge is 2.20. The standard InChI is InChI=1S/C9H13NO3/c1-4-6-8(9(11)12-3)7(5-2)13-10-6/h4-5H2,1-3H3. The molecule has 0 spiro atoms. The zero-order valence-electron chi connectivity index (χ0n) is 8.09. The van der Waals surface area contributed by atoms with Gasteiger partial charge in [-0.2, -0.15) is 0 Å². The quantitative estimate of drug-likeness (QED) is 0.667. The predicted molar refractivity (Wildman–Crippen MR) is 46.6 cm³/mol. The Bertz CT molecular complexity index is 282. The summed E-state index contributed by atoms with van der Waals surface area (Å²) in [6, 6.07) is 0. The summed E-state index contributed by atoms with van der Waals surface area (Å²) in [5.74, 6) is 0.235. The lowest BCUT2D eigenvalue weighted by Gasteiger charge is -1.98. The Kier molecular flexibility index (Phi) is 3.06. The van der Waals surface area contributed by atoms with Crippen molar-refractivity contribution in [2.24, 2.45) is 0 Å². The Morgan fingerprint density at radius 3 is 2.62 bits per heavy atom. The van der Waals surface area contributed by atoms with Crippen LogP contribution in [0.2, 0.25) is 0 Å². The van der Waals surface area contributed by atoms with Gasteiger partial charge in [0.05, 0.1) is 12.8 Å². The van der Waals surface area contributed by atoms with Crippen LogP contribution in [0.4, 0.5) is 0 Å². The Balaban J connectivity index is 3.12. The molecule has 4 nitrogen and oxygen atoms in total. The van der Waals surface area contributed by atoms with Gasteiger partial charge in [-0.15, -0.1) is 0 Å². The van der Waals surface area contributed by atoms with E-state index in [1.165, 1.54) is 7.11 Å². The first-order chi connectivity index (χ1) is 6.24. The molecule has 0 atom stereocenters. The third kappa shape index (κ3) is 1.71. The molecule has 0 saturated carbocycles. The summed E-state index contributed by atoms with van der Waals surface area (Å²) in [7, 11) is 1.36. The lowest BCUT2D eigenvalue weighted by molar-refractivity contribution is 0.0597. The molecule has 13 heavy (non-hydrogen) atoms. The molecule has 0 saturated heterocycles. The highest BCUT2D eigenvalue weighted by Crippen LogP contribution is 2.16. The summed E-state index contributed by atoms with van der Waals surface area (Å²) in [4.78, 5) is 11.3. The molecular formula is C9H13NO3. The van der Waals surface area contributed by atoms with Gasteiger partial charge in [0, 0.05) is 6.42 Å². The van der Waals surface area contributed by atoms with Gasteiger partial charge in [0.1, 0.15) is 5.56 Å². The molecule has 0 amide bonds. The fourth-order valence-electron chi connectivity index (χ4n) is 1.18. The number of carbonyl (C=O) groups excluding carboxylic acids is 1. The van der Waals surface area contributed by atoms with Gasteiger partial charge in [-0.05, 0) is 6.42 Å². The minimum Gasteiger partial charge on any atom is -0.465 e. The summed E-state index contributed by atoms with van der Waals surface area (Å²) in [6.07, 6.45) is 1.32. The van der Waals surface area contributed by atoms with Crippen molar-refractivity contribution in [3.05, 3.63) is 17.0 Å². The van der Waals surface area contributed by atoms with Crippen LogP contribution in [0.3, 0.4) is 0 Å². The molecule has 0 fully saturated rings. The number of hydrogen-bond donors (Lipinski definition) is 0. The SMILES string of the molecule is CCc1noc(CC)c1C(=O)OC. The van der Waals surface area contributed by atoms with E-state index >= 15 is 0 Å². The van der Waals surface area contributed by atoms with E-state index in [-0.39, 0.29) is 5.97 Å². The summed E-state index contributed by atoms with van der Waals surface area (Å²) in [6.45, 7) is 3.83. The minimum atomic E-state index is -0.366. The third-order valence-corrected chi connectivity index (χ3v) is 1.88. The maximum atomic E-state index is 11.3. The first-order valence-corrected chi connectivity index (χ1v) is 4.30. The van der Waals surface area contributed by atoms with E-state index in [9.17, 15) is 4.79 Å². The second kappa shape index (κ2) is 4.07. The third-order valence-electron chi connectivity index (χ3n) is 1.88. The first kappa shape index (κ1) is 9.77. The summed E-state index contributed by atoms with van der Waals surface area (Å²) in [5.41, 5.74) is 1.16. The average molecular weight is 183 g/mol. The lowest BCUT2D eigenvalue weighted by Crippen LogP contribution is -2.05. The molecule has 1 aromatic rings. The van der Waals surface area contributed by atoms with Gasteiger partial charge in [-0.25, -0.2) is 4.79 Å². The van der Waals surface area contributed by atoms with Crippen molar-refractivity contribution in [2.45, 2.75) is 26.7 Å². The Morgan fingerprint density at radius 1 is 1.46 bits per heavy atom. The fraction of sp³-hybridized carbons (Fsp3) is 0.556. The molecule has 4 heteroatoms. The van der Waals surface area contributed by atoms with Gasteiger partial charge in [0.15, 0.2) is 5.76 Å². The number of aryl methyl sites for hydroxylation is 2. The van der Waals surface area contributed by atoms with Crippen molar-refractivity contribution < 1.29 is 14.1 Å². The maximum Gasteiger partial charge on any atom is 0.343 e. The Morgan fingerprint density at radius 2 is 2.15 bits per heavy atom. The van der Waals surface area contributed by atoms with Gasteiger partial charge in [-0.1, -0.05) is 19.0 Å². The number of methoxy groups -OCH3 is 1. The van der Waals surface area contributed by atoms with Gasteiger partial charge in [0.2, 0.25) is 0 Å². The van der Waals surface area contributed by atoms with Crippen LogP contribution in [0, 0.1) is 0 Å². The molecule has 0 aliphatic carbocycles. The number of aromatic nitrogens is 1. The molecule has 0 aliphatic rings. The monoisotopic (exact) mass is 183 g/mol. The van der Waals surface area contributed by atoms with Crippen molar-refractivity contribution in [3.8, 4) is 0 Å². The summed E-state index contributed by atoms with van der Waals surface area (Å²) >= 11 is 0. The fourth-order valence-corrected chi connectivity index (χ4v) is 1.18. The van der Waals surface area contributed by atoms with Gasteiger partial charge >= 0.3 is 5.97 Å². The first-order valence-electron chi connectivity index (χ1n) is 4.30. The smallest absolute Gasteiger partial charge is 0.343 e. The number of rotatable bonds is 3. The second-order valence-corrected chi connectivity index (χ2v) is 2.63. The Hall–Kier alpha value is -1.32. The van der Waals surface area contributed by atoms with E-state index in [1.54, 1.807) is 0 Å². The molecular weight excluding hydrogens is 170 g/mol. The molecule has 0 radical (unpaired) electrons. The highest BCUT2D eigenvalue weighted by atomic mass is 16.5. The largest absolute Gasteiger partial charge is 0.465 e. The zero-order valence-corrected chi connectivity index (χ0v) is 8.09.